The molecule has 1 amide bonds. The van der Waals surface area contributed by atoms with Gasteiger partial charge in [0.1, 0.15) is 0 Å². The highest BCUT2D eigenvalue weighted by Crippen LogP contribution is 2.40. The highest BCUT2D eigenvalue weighted by atomic mass is 32.1. The fourth-order valence-corrected chi connectivity index (χ4v) is 4.14. The van der Waals surface area contributed by atoms with Crippen LogP contribution in [0.15, 0.2) is 82.0 Å². The lowest BCUT2D eigenvalue weighted by Crippen LogP contribution is -2.32. The van der Waals surface area contributed by atoms with Crippen LogP contribution in [0.2, 0.25) is 0 Å². The lowest BCUT2D eigenvalue weighted by molar-refractivity contribution is -0.129. The van der Waals surface area contributed by atoms with E-state index in [-0.39, 0.29) is 11.3 Å². The Bertz CT molecular complexity index is 975. The summed E-state index contributed by atoms with van der Waals surface area (Å²) in [4.78, 5) is 28.0. The van der Waals surface area contributed by atoms with Crippen molar-refractivity contribution < 1.29 is 19.1 Å². The zero-order chi connectivity index (χ0) is 18.8. The molecule has 136 valence electrons. The van der Waals surface area contributed by atoms with Gasteiger partial charge < -0.3 is 14.4 Å². The Morgan fingerprint density at radius 3 is 2.59 bits per heavy atom. The number of Topliss-reactive ketones (excluding diaryl/α,β-unsaturated/α-hetero) is 1. The third-order valence-electron chi connectivity index (χ3n) is 4.59. The van der Waals surface area contributed by atoms with E-state index in [9.17, 15) is 14.7 Å². The molecule has 27 heavy (non-hydrogen) atoms. The monoisotopic (exact) mass is 379 g/mol. The number of rotatable bonds is 6. The summed E-state index contributed by atoms with van der Waals surface area (Å²) in [5.41, 5.74) is 1.16. The Hall–Kier alpha value is -3.12. The van der Waals surface area contributed by atoms with Crippen LogP contribution in [-0.2, 0) is 11.2 Å². The first-order chi connectivity index (χ1) is 13.2. The lowest BCUT2D eigenvalue weighted by atomic mass is 10.00. The second-order valence-electron chi connectivity index (χ2n) is 6.22. The summed E-state index contributed by atoms with van der Waals surface area (Å²) in [6.45, 7) is 0.393. The van der Waals surface area contributed by atoms with Crippen molar-refractivity contribution in [2.24, 2.45) is 0 Å². The van der Waals surface area contributed by atoms with Gasteiger partial charge in [0.2, 0.25) is 5.78 Å². The second kappa shape index (κ2) is 7.25. The quantitative estimate of drug-likeness (QED) is 0.653. The summed E-state index contributed by atoms with van der Waals surface area (Å²) >= 11 is 1.45. The molecule has 5 nitrogen and oxygen atoms in total. The van der Waals surface area contributed by atoms with Crippen molar-refractivity contribution in [1.82, 2.24) is 4.90 Å². The van der Waals surface area contributed by atoms with Crippen LogP contribution >= 0.6 is 11.3 Å². The van der Waals surface area contributed by atoms with Crippen molar-refractivity contribution in [2.45, 2.75) is 12.5 Å². The molecular formula is C21H17NO4S. The van der Waals surface area contributed by atoms with E-state index < -0.39 is 23.5 Å². The standard InChI is InChI=1S/C21H17NO4S/c23-19(15-8-4-12-26-15)17-18(16-9-5-13-27-16)22(21(25)20(17)24)11-10-14-6-2-1-3-7-14/h1-9,12-13,18,24H,10-11H2/t18-/m0/s1. The first kappa shape index (κ1) is 17.3. The number of ketones is 1. The first-order valence-corrected chi connectivity index (χ1v) is 9.44. The minimum atomic E-state index is -0.612. The number of amides is 1. The third-order valence-corrected chi connectivity index (χ3v) is 5.51. The van der Waals surface area contributed by atoms with Crippen LogP contribution in [0.4, 0.5) is 0 Å². The number of nitrogens with zero attached hydrogens (tertiary/aromatic N) is 1. The molecule has 0 radical (unpaired) electrons. The molecule has 1 aliphatic rings. The summed E-state index contributed by atoms with van der Waals surface area (Å²) in [5, 5.41) is 12.4. The van der Waals surface area contributed by atoms with E-state index in [1.54, 1.807) is 11.0 Å². The van der Waals surface area contributed by atoms with Crippen LogP contribution in [0.1, 0.15) is 27.0 Å². The second-order valence-corrected chi connectivity index (χ2v) is 7.20. The zero-order valence-corrected chi connectivity index (χ0v) is 15.2. The van der Waals surface area contributed by atoms with Crippen molar-refractivity contribution >= 4 is 23.0 Å². The van der Waals surface area contributed by atoms with Crippen molar-refractivity contribution in [3.63, 3.8) is 0 Å². The normalized spacial score (nSPS) is 17.0. The molecule has 0 bridgehead atoms. The Labute approximate surface area is 160 Å². The summed E-state index contributed by atoms with van der Waals surface area (Å²) in [5.74, 6) is -1.38. The Morgan fingerprint density at radius 1 is 1.11 bits per heavy atom. The minimum absolute atomic E-state index is 0.0745. The smallest absolute Gasteiger partial charge is 0.290 e. The molecule has 0 aliphatic carbocycles. The maximum Gasteiger partial charge on any atom is 0.290 e. The molecule has 3 aromatic rings. The van der Waals surface area contributed by atoms with Gasteiger partial charge in [0.15, 0.2) is 11.5 Å². The minimum Gasteiger partial charge on any atom is -0.503 e. The van der Waals surface area contributed by atoms with Crippen molar-refractivity contribution in [3.05, 3.63) is 93.8 Å². The van der Waals surface area contributed by atoms with E-state index in [0.717, 1.165) is 10.4 Å². The summed E-state index contributed by atoms with van der Waals surface area (Å²) in [6.07, 6.45) is 2.03. The highest BCUT2D eigenvalue weighted by Gasteiger charge is 2.44. The molecule has 0 spiro atoms. The number of hydrogen-bond donors (Lipinski definition) is 1. The zero-order valence-electron chi connectivity index (χ0n) is 14.4. The first-order valence-electron chi connectivity index (χ1n) is 8.56. The largest absolute Gasteiger partial charge is 0.503 e. The predicted octanol–water partition coefficient (Wildman–Crippen LogP) is 4.16. The molecular weight excluding hydrogens is 362 g/mol. The Kier molecular flexibility index (Phi) is 4.64. The molecule has 2 aromatic heterocycles. The predicted molar refractivity (Wildman–Crippen MR) is 102 cm³/mol. The van der Waals surface area contributed by atoms with Crippen LogP contribution in [0.25, 0.3) is 0 Å². The fourth-order valence-electron chi connectivity index (χ4n) is 3.29. The van der Waals surface area contributed by atoms with Crippen molar-refractivity contribution in [1.29, 1.82) is 0 Å². The van der Waals surface area contributed by atoms with Crippen LogP contribution < -0.4 is 0 Å². The fraction of sp³-hybridized carbons (Fsp3) is 0.143. The number of hydrogen-bond acceptors (Lipinski definition) is 5. The molecule has 4 rings (SSSR count). The molecule has 0 saturated carbocycles. The molecule has 1 aromatic carbocycles. The highest BCUT2D eigenvalue weighted by molar-refractivity contribution is 7.10. The molecule has 3 heterocycles. The molecule has 0 saturated heterocycles. The summed E-state index contributed by atoms with van der Waals surface area (Å²) in [6, 6.07) is 16.1. The van der Waals surface area contributed by atoms with Crippen molar-refractivity contribution in [2.75, 3.05) is 6.54 Å². The molecule has 0 unspecified atom stereocenters. The van der Waals surface area contributed by atoms with Crippen LogP contribution in [0.3, 0.4) is 0 Å². The van der Waals surface area contributed by atoms with Gasteiger partial charge in [-0.1, -0.05) is 36.4 Å². The van der Waals surface area contributed by atoms with Gasteiger partial charge in [-0.15, -0.1) is 11.3 Å². The number of aliphatic hydroxyl groups excluding tert-OH is 1. The van der Waals surface area contributed by atoms with E-state index in [0.29, 0.717) is 13.0 Å². The van der Waals surface area contributed by atoms with Gasteiger partial charge in [-0.2, -0.15) is 0 Å². The topological polar surface area (TPSA) is 70.8 Å². The van der Waals surface area contributed by atoms with Gasteiger partial charge in [0.05, 0.1) is 17.9 Å². The lowest BCUT2D eigenvalue weighted by Gasteiger charge is -2.25. The Balaban J connectivity index is 1.68. The number of benzene rings is 1. The van der Waals surface area contributed by atoms with Gasteiger partial charge >= 0.3 is 0 Å². The average molecular weight is 379 g/mol. The van der Waals surface area contributed by atoms with Gasteiger partial charge in [0.25, 0.3) is 5.91 Å². The maximum atomic E-state index is 12.9. The third kappa shape index (κ3) is 3.19. The van der Waals surface area contributed by atoms with Gasteiger partial charge in [-0.05, 0) is 35.6 Å². The van der Waals surface area contributed by atoms with Gasteiger partial charge in [-0.25, -0.2) is 0 Å². The molecule has 1 aliphatic heterocycles. The summed E-state index contributed by atoms with van der Waals surface area (Å²) in [7, 11) is 0. The number of thiophene rings is 1. The van der Waals surface area contributed by atoms with E-state index in [1.165, 1.54) is 23.7 Å². The maximum absolute atomic E-state index is 12.9. The molecule has 0 fully saturated rings. The molecule has 6 heteroatoms. The van der Waals surface area contributed by atoms with Crippen LogP contribution in [0, 0.1) is 0 Å². The van der Waals surface area contributed by atoms with E-state index in [2.05, 4.69) is 0 Å². The Morgan fingerprint density at radius 2 is 1.93 bits per heavy atom. The van der Waals surface area contributed by atoms with Gasteiger partial charge in [-0.3, -0.25) is 9.59 Å². The number of carbonyl (C=O) groups excluding carboxylic acids is 2. The average Bonchev–Trinajstić information content (AvgIpc) is 3.43. The molecule has 1 N–H and O–H groups in total. The SMILES string of the molecule is O=C(C1=C(O)C(=O)N(CCc2ccccc2)[C@H]1c1cccs1)c1ccco1. The van der Waals surface area contributed by atoms with Crippen LogP contribution in [0.5, 0.6) is 0 Å². The number of aliphatic hydroxyl groups is 1. The molecule has 1 atom stereocenters. The number of furan rings is 1. The van der Waals surface area contributed by atoms with Crippen LogP contribution in [-0.4, -0.2) is 28.2 Å². The van der Waals surface area contributed by atoms with E-state index in [4.69, 9.17) is 4.42 Å². The number of carbonyl (C=O) groups is 2. The van der Waals surface area contributed by atoms with E-state index >= 15 is 0 Å². The van der Waals surface area contributed by atoms with E-state index in [1.807, 2.05) is 47.8 Å². The van der Waals surface area contributed by atoms with Gasteiger partial charge in [0, 0.05) is 11.4 Å². The summed E-state index contributed by atoms with van der Waals surface area (Å²) < 4.78 is 5.20. The van der Waals surface area contributed by atoms with Crippen molar-refractivity contribution in [3.8, 4) is 0 Å².